The molecule has 0 saturated carbocycles. The van der Waals surface area contributed by atoms with Crippen LogP contribution in [0.15, 0.2) is 42.5 Å². The van der Waals surface area contributed by atoms with E-state index in [4.69, 9.17) is 29.8 Å². The summed E-state index contributed by atoms with van der Waals surface area (Å²) < 4.78 is 20.4. The van der Waals surface area contributed by atoms with Gasteiger partial charge in [0, 0.05) is 6.07 Å². The van der Waals surface area contributed by atoms with Gasteiger partial charge in [0.05, 0.1) is 33.2 Å². The number of hydrogen-bond donors (Lipinski definition) is 3. The summed E-state index contributed by atoms with van der Waals surface area (Å²) in [5, 5.41) is 11.0. The number of aliphatic carboxylic acids is 1. The highest BCUT2D eigenvalue weighted by atomic mass is 35.5. The van der Waals surface area contributed by atoms with Gasteiger partial charge in [0.15, 0.2) is 0 Å². The first-order valence-electron chi connectivity index (χ1n) is 9.91. The van der Waals surface area contributed by atoms with E-state index in [9.17, 15) is 14.4 Å². The average Bonchev–Trinajstić information content (AvgIpc) is 2.80. The van der Waals surface area contributed by atoms with Crippen LogP contribution < -0.4 is 25.3 Å². The molecule has 1 atom stereocenters. The molecule has 10 nitrogen and oxygen atoms in total. The van der Waals surface area contributed by atoms with Crippen molar-refractivity contribution in [1.82, 2.24) is 5.32 Å². The summed E-state index contributed by atoms with van der Waals surface area (Å²) >= 11 is 0. The van der Waals surface area contributed by atoms with Gasteiger partial charge in [0.1, 0.15) is 23.9 Å². The molecule has 0 bridgehead atoms. The van der Waals surface area contributed by atoms with Crippen LogP contribution >= 0.6 is 12.4 Å². The lowest BCUT2D eigenvalue weighted by Gasteiger charge is -2.10. The van der Waals surface area contributed by atoms with Gasteiger partial charge in [0.2, 0.25) is 5.91 Å². The van der Waals surface area contributed by atoms with Crippen molar-refractivity contribution >= 4 is 42.6 Å². The second kappa shape index (κ2) is 14.4. The largest absolute Gasteiger partial charge is 0.513 e. The molecule has 11 heteroatoms. The van der Waals surface area contributed by atoms with E-state index < -0.39 is 30.5 Å². The number of benzene rings is 2. The first kappa shape index (κ1) is 28.3. The zero-order chi connectivity index (χ0) is 24.2. The van der Waals surface area contributed by atoms with Crippen LogP contribution in [0, 0.1) is 0 Å². The maximum Gasteiger partial charge on any atom is 0.513 e. The molecule has 184 valence electrons. The van der Waals surface area contributed by atoms with Gasteiger partial charge in [-0.25, -0.2) is 4.79 Å². The molecule has 0 fully saturated rings. The number of hydrogen-bond acceptors (Lipinski definition) is 8. The molecule has 1 unspecified atom stereocenters. The van der Waals surface area contributed by atoms with Gasteiger partial charge in [-0.2, -0.15) is 0 Å². The van der Waals surface area contributed by atoms with Crippen molar-refractivity contribution in [2.24, 2.45) is 5.73 Å². The fraction of sp³-hybridized carbons (Fsp3) is 0.261. The monoisotopic (exact) mass is 494 g/mol. The molecule has 2 aromatic carbocycles. The van der Waals surface area contributed by atoms with Gasteiger partial charge in [-0.3, -0.25) is 9.59 Å². The minimum Gasteiger partial charge on any atom is -0.497 e. The minimum atomic E-state index is -1.18. The third-order valence-electron chi connectivity index (χ3n) is 4.28. The Morgan fingerprint density at radius 3 is 2.12 bits per heavy atom. The molecule has 0 heterocycles. The standard InChI is InChI=1S/C23H26N2O8.ClH/c1-30-18-11-16(12-19(13-18)31-2)4-3-15-5-7-17(8-6-15)33-23(29)32-10-9-25-22(28)20(24)14-21(26)27;/h3-8,11-13,20H,9-10,14,24H2,1-2H3,(H,25,28)(H,26,27);1H/b4-3+;. The molecule has 0 radical (unpaired) electrons. The summed E-state index contributed by atoms with van der Waals surface area (Å²) in [4.78, 5) is 33.8. The van der Waals surface area contributed by atoms with Gasteiger partial charge in [-0.05, 0) is 35.4 Å². The van der Waals surface area contributed by atoms with Crippen molar-refractivity contribution in [1.29, 1.82) is 0 Å². The molecular formula is C23H27ClN2O8. The van der Waals surface area contributed by atoms with E-state index in [1.54, 1.807) is 44.6 Å². The lowest BCUT2D eigenvalue weighted by molar-refractivity contribution is -0.139. The van der Waals surface area contributed by atoms with E-state index in [0.717, 1.165) is 11.1 Å². The number of carboxylic acid groups (broad SMARTS) is 1. The number of carbonyl (C=O) groups excluding carboxylic acids is 2. The highest BCUT2D eigenvalue weighted by Crippen LogP contribution is 2.24. The van der Waals surface area contributed by atoms with E-state index in [1.165, 1.54) is 0 Å². The van der Waals surface area contributed by atoms with Crippen molar-refractivity contribution < 1.29 is 38.4 Å². The molecule has 4 N–H and O–H groups in total. The second-order valence-corrected chi connectivity index (χ2v) is 6.74. The first-order chi connectivity index (χ1) is 15.8. The van der Waals surface area contributed by atoms with Gasteiger partial charge < -0.3 is 35.1 Å². The first-order valence-corrected chi connectivity index (χ1v) is 9.91. The molecule has 0 aliphatic carbocycles. The van der Waals surface area contributed by atoms with Crippen molar-refractivity contribution in [2.45, 2.75) is 12.5 Å². The topological polar surface area (TPSA) is 146 Å². The van der Waals surface area contributed by atoms with Crippen LogP contribution in [0.25, 0.3) is 12.2 Å². The summed E-state index contributed by atoms with van der Waals surface area (Å²) in [5.41, 5.74) is 7.18. The number of amides is 1. The Labute approximate surface area is 203 Å². The van der Waals surface area contributed by atoms with Gasteiger partial charge in [-0.1, -0.05) is 24.3 Å². The van der Waals surface area contributed by atoms with E-state index in [1.807, 2.05) is 24.3 Å². The van der Waals surface area contributed by atoms with Crippen molar-refractivity contribution in [3.63, 3.8) is 0 Å². The Balaban J connectivity index is 0.00000578. The van der Waals surface area contributed by atoms with Gasteiger partial charge in [-0.15, -0.1) is 12.4 Å². The summed E-state index contributed by atoms with van der Waals surface area (Å²) in [6.07, 6.45) is 2.35. The number of ether oxygens (including phenoxy) is 4. The maximum absolute atomic E-state index is 11.8. The van der Waals surface area contributed by atoms with Crippen LogP contribution in [0.4, 0.5) is 4.79 Å². The summed E-state index contributed by atoms with van der Waals surface area (Å²) in [6, 6.07) is 11.1. The third kappa shape index (κ3) is 9.80. The van der Waals surface area contributed by atoms with Crippen LogP contribution in [0.5, 0.6) is 17.2 Å². The smallest absolute Gasteiger partial charge is 0.497 e. The SMILES string of the molecule is COc1cc(/C=C/c2ccc(OC(=O)OCCNC(=O)C(N)CC(=O)O)cc2)cc(OC)c1.Cl. The fourth-order valence-corrected chi connectivity index (χ4v) is 2.61. The van der Waals surface area contributed by atoms with E-state index in [-0.39, 0.29) is 31.3 Å². The second-order valence-electron chi connectivity index (χ2n) is 6.74. The number of nitrogens with one attached hydrogen (secondary N) is 1. The number of carboxylic acids is 1. The molecule has 2 rings (SSSR count). The van der Waals surface area contributed by atoms with Crippen molar-refractivity contribution in [3.8, 4) is 17.2 Å². The molecule has 0 aliphatic rings. The number of halogens is 1. The van der Waals surface area contributed by atoms with Crippen LogP contribution in [-0.4, -0.2) is 56.6 Å². The Bertz CT molecular complexity index is 973. The number of carbonyl (C=O) groups is 3. The number of rotatable bonds is 11. The highest BCUT2D eigenvalue weighted by molar-refractivity contribution is 5.86. The molecule has 0 aromatic heterocycles. The van der Waals surface area contributed by atoms with Crippen LogP contribution in [-0.2, 0) is 14.3 Å². The van der Waals surface area contributed by atoms with Crippen LogP contribution in [0.1, 0.15) is 17.5 Å². The molecule has 0 aliphatic heterocycles. The predicted octanol–water partition coefficient (Wildman–Crippen LogP) is 2.73. The summed E-state index contributed by atoms with van der Waals surface area (Å²) in [7, 11) is 3.17. The Hall–Kier alpha value is -3.76. The lowest BCUT2D eigenvalue weighted by atomic mass is 10.1. The Morgan fingerprint density at radius 2 is 1.56 bits per heavy atom. The van der Waals surface area contributed by atoms with E-state index in [2.05, 4.69) is 5.32 Å². The van der Waals surface area contributed by atoms with Crippen LogP contribution in [0.3, 0.4) is 0 Å². The van der Waals surface area contributed by atoms with Gasteiger partial charge in [0.25, 0.3) is 0 Å². The van der Waals surface area contributed by atoms with Crippen molar-refractivity contribution in [2.75, 3.05) is 27.4 Å². The van der Waals surface area contributed by atoms with Crippen molar-refractivity contribution in [3.05, 3.63) is 53.6 Å². The predicted molar refractivity (Wildman–Crippen MR) is 127 cm³/mol. The highest BCUT2D eigenvalue weighted by Gasteiger charge is 2.16. The maximum atomic E-state index is 11.8. The van der Waals surface area contributed by atoms with E-state index >= 15 is 0 Å². The van der Waals surface area contributed by atoms with Crippen LogP contribution in [0.2, 0.25) is 0 Å². The third-order valence-corrected chi connectivity index (χ3v) is 4.28. The summed E-state index contributed by atoms with van der Waals surface area (Å²) in [6.45, 7) is -0.185. The molecule has 2 aromatic rings. The molecular weight excluding hydrogens is 468 g/mol. The molecule has 34 heavy (non-hydrogen) atoms. The lowest BCUT2D eigenvalue weighted by Crippen LogP contribution is -2.43. The fourth-order valence-electron chi connectivity index (χ4n) is 2.61. The number of methoxy groups -OCH3 is 2. The molecule has 1 amide bonds. The normalized spacial score (nSPS) is 11.1. The molecule has 0 spiro atoms. The average molecular weight is 495 g/mol. The zero-order valence-corrected chi connectivity index (χ0v) is 19.5. The Morgan fingerprint density at radius 1 is 0.971 bits per heavy atom. The van der Waals surface area contributed by atoms with Gasteiger partial charge >= 0.3 is 12.1 Å². The zero-order valence-electron chi connectivity index (χ0n) is 18.7. The minimum absolute atomic E-state index is 0. The molecule has 0 saturated heterocycles. The number of nitrogens with two attached hydrogens (primary N) is 1. The quantitative estimate of drug-likeness (QED) is 0.185. The Kier molecular flexibility index (Phi) is 12.0. The van der Waals surface area contributed by atoms with E-state index in [0.29, 0.717) is 11.5 Å². The summed E-state index contributed by atoms with van der Waals surface area (Å²) in [5.74, 6) is -0.185.